The normalized spacial score (nSPS) is 32.4. The molecule has 7 heteroatoms. The largest absolute Gasteiger partial charge is 0.450 e. The molecule has 0 aromatic carbocycles. The molecule has 3 heterocycles. The predicted molar refractivity (Wildman–Crippen MR) is 95.9 cm³/mol. The van der Waals surface area contributed by atoms with E-state index in [9.17, 15) is 9.59 Å². The van der Waals surface area contributed by atoms with Crippen molar-refractivity contribution in [2.75, 3.05) is 32.8 Å². The molecule has 2 spiro atoms. The molecule has 1 aliphatic carbocycles. The van der Waals surface area contributed by atoms with Crippen LogP contribution in [0.15, 0.2) is 0 Å². The second kappa shape index (κ2) is 6.59. The van der Waals surface area contributed by atoms with Gasteiger partial charge in [0.05, 0.1) is 12.6 Å². The first-order chi connectivity index (χ1) is 12.5. The number of nitrogens with zero attached hydrogens (tertiary/aromatic N) is 2. The number of hydrogen-bond donors (Lipinski definition) is 1. The third-order valence-corrected chi connectivity index (χ3v) is 7.05. The van der Waals surface area contributed by atoms with Crippen LogP contribution in [0.4, 0.5) is 9.59 Å². The molecule has 7 nitrogen and oxygen atoms in total. The fraction of sp³-hybridized carbons (Fsp3) is 0.895. The van der Waals surface area contributed by atoms with E-state index in [1.54, 1.807) is 0 Å². The molecule has 0 bridgehead atoms. The Hall–Kier alpha value is -1.50. The van der Waals surface area contributed by atoms with Gasteiger partial charge < -0.3 is 24.6 Å². The zero-order valence-electron chi connectivity index (χ0n) is 16.0. The van der Waals surface area contributed by atoms with Crippen molar-refractivity contribution in [2.24, 2.45) is 5.41 Å². The zero-order valence-corrected chi connectivity index (χ0v) is 16.0. The second-order valence-corrected chi connectivity index (χ2v) is 8.55. The van der Waals surface area contributed by atoms with Gasteiger partial charge in [-0.1, -0.05) is 6.92 Å². The van der Waals surface area contributed by atoms with Crippen molar-refractivity contribution in [1.82, 2.24) is 15.1 Å². The first-order valence-electron chi connectivity index (χ1n) is 10.1. The summed E-state index contributed by atoms with van der Waals surface area (Å²) in [7, 11) is 0. The topological polar surface area (TPSA) is 71.1 Å². The Morgan fingerprint density at radius 1 is 1.27 bits per heavy atom. The van der Waals surface area contributed by atoms with Gasteiger partial charge in [-0.25, -0.2) is 9.59 Å². The lowest BCUT2D eigenvalue weighted by Gasteiger charge is -2.48. The molecule has 1 saturated carbocycles. The lowest BCUT2D eigenvalue weighted by atomic mass is 9.78. The molecule has 26 heavy (non-hydrogen) atoms. The van der Waals surface area contributed by atoms with E-state index in [0.717, 1.165) is 45.4 Å². The molecule has 146 valence electrons. The Bertz CT molecular complexity index is 567. The smallest absolute Gasteiger partial charge is 0.409 e. The van der Waals surface area contributed by atoms with Gasteiger partial charge in [0.25, 0.3) is 0 Å². The molecule has 3 aliphatic heterocycles. The fourth-order valence-electron chi connectivity index (χ4n) is 5.63. The third kappa shape index (κ3) is 2.94. The number of amides is 2. The van der Waals surface area contributed by atoms with Crippen molar-refractivity contribution in [1.29, 1.82) is 0 Å². The zero-order chi connectivity index (χ0) is 18.4. The summed E-state index contributed by atoms with van der Waals surface area (Å²) in [6.07, 6.45) is 5.92. The van der Waals surface area contributed by atoms with E-state index in [1.165, 1.54) is 19.3 Å². The number of nitrogens with one attached hydrogen (secondary N) is 1. The summed E-state index contributed by atoms with van der Waals surface area (Å²) in [6, 6.07) is 0.749. The number of ether oxygens (including phenoxy) is 2. The SMILES string of the molecule is CCOC(=O)N1CC2(CCC(N3CCC4(CC3)OC(=O)NC4CC)C2)C1. The van der Waals surface area contributed by atoms with Crippen LogP contribution in [-0.4, -0.2) is 72.5 Å². The number of piperidine rings is 1. The van der Waals surface area contributed by atoms with Crippen LogP contribution in [0.5, 0.6) is 0 Å². The molecular weight excluding hydrogens is 334 g/mol. The Morgan fingerprint density at radius 2 is 2.00 bits per heavy atom. The quantitative estimate of drug-likeness (QED) is 0.831. The molecule has 4 fully saturated rings. The molecule has 0 aromatic rings. The number of carbonyl (C=O) groups excluding carboxylic acids is 2. The molecule has 3 saturated heterocycles. The molecule has 2 atom stereocenters. The number of carbonyl (C=O) groups is 2. The summed E-state index contributed by atoms with van der Waals surface area (Å²) in [6.45, 7) is 8.09. The van der Waals surface area contributed by atoms with E-state index < -0.39 is 0 Å². The van der Waals surface area contributed by atoms with Crippen LogP contribution in [0.1, 0.15) is 52.4 Å². The van der Waals surface area contributed by atoms with E-state index in [1.807, 2.05) is 11.8 Å². The fourth-order valence-corrected chi connectivity index (χ4v) is 5.63. The van der Waals surface area contributed by atoms with E-state index in [-0.39, 0.29) is 23.8 Å². The van der Waals surface area contributed by atoms with Crippen molar-refractivity contribution in [3.05, 3.63) is 0 Å². The maximum Gasteiger partial charge on any atom is 0.409 e. The maximum absolute atomic E-state index is 11.8. The minimum atomic E-state index is -0.296. The molecular formula is C19H31N3O4. The van der Waals surface area contributed by atoms with Crippen molar-refractivity contribution < 1.29 is 19.1 Å². The highest BCUT2D eigenvalue weighted by Crippen LogP contribution is 2.48. The molecule has 0 aromatic heterocycles. The highest BCUT2D eigenvalue weighted by atomic mass is 16.6. The minimum absolute atomic E-state index is 0.150. The van der Waals surface area contributed by atoms with Gasteiger partial charge >= 0.3 is 12.2 Å². The number of hydrogen-bond acceptors (Lipinski definition) is 5. The summed E-state index contributed by atoms with van der Waals surface area (Å²) < 4.78 is 10.8. The average molecular weight is 365 g/mol. The number of alkyl carbamates (subject to hydrolysis) is 1. The lowest BCUT2D eigenvalue weighted by molar-refractivity contribution is -0.0343. The van der Waals surface area contributed by atoms with Gasteiger partial charge in [-0.05, 0) is 32.6 Å². The van der Waals surface area contributed by atoms with Crippen LogP contribution in [0, 0.1) is 5.41 Å². The highest BCUT2D eigenvalue weighted by Gasteiger charge is 2.54. The summed E-state index contributed by atoms with van der Waals surface area (Å²) in [5, 5.41) is 2.98. The van der Waals surface area contributed by atoms with E-state index in [4.69, 9.17) is 9.47 Å². The van der Waals surface area contributed by atoms with Gasteiger partial charge in [-0.2, -0.15) is 0 Å². The summed E-state index contributed by atoms with van der Waals surface area (Å²) in [4.78, 5) is 28.0. The van der Waals surface area contributed by atoms with Gasteiger partial charge in [0.1, 0.15) is 5.60 Å². The standard InChI is InChI=1S/C19H31N3O4/c1-3-15-19(26-16(23)20-15)7-9-21(10-8-19)14-5-6-18(11-14)12-22(13-18)17(24)25-4-2/h14-15H,3-13H2,1-2H3,(H,20,23). The molecule has 1 N–H and O–H groups in total. The van der Waals surface area contributed by atoms with Crippen LogP contribution >= 0.6 is 0 Å². The van der Waals surface area contributed by atoms with Gasteiger partial charge in [-0.15, -0.1) is 0 Å². The van der Waals surface area contributed by atoms with Crippen LogP contribution < -0.4 is 5.32 Å². The molecule has 2 amide bonds. The third-order valence-electron chi connectivity index (χ3n) is 7.05. The molecule has 4 rings (SSSR count). The van der Waals surface area contributed by atoms with Gasteiger partial charge in [-0.3, -0.25) is 0 Å². The van der Waals surface area contributed by atoms with E-state index in [2.05, 4.69) is 17.1 Å². The summed E-state index contributed by atoms with van der Waals surface area (Å²) >= 11 is 0. The Labute approximate surface area is 155 Å². The van der Waals surface area contributed by atoms with Crippen LogP contribution in [0.3, 0.4) is 0 Å². The van der Waals surface area contributed by atoms with Crippen LogP contribution in [-0.2, 0) is 9.47 Å². The molecule has 2 unspecified atom stereocenters. The predicted octanol–water partition coefficient (Wildman–Crippen LogP) is 2.35. The summed E-state index contributed by atoms with van der Waals surface area (Å²) in [5.41, 5.74) is 0.00962. The van der Waals surface area contributed by atoms with Crippen molar-refractivity contribution in [2.45, 2.75) is 70.1 Å². The minimum Gasteiger partial charge on any atom is -0.450 e. The maximum atomic E-state index is 11.8. The Morgan fingerprint density at radius 3 is 2.65 bits per heavy atom. The first kappa shape index (κ1) is 17.9. The second-order valence-electron chi connectivity index (χ2n) is 8.55. The molecule has 4 aliphatic rings. The van der Waals surface area contributed by atoms with Crippen molar-refractivity contribution >= 4 is 12.2 Å². The Kier molecular flexibility index (Phi) is 4.53. The number of likely N-dealkylation sites (tertiary alicyclic amines) is 2. The van der Waals surface area contributed by atoms with Gasteiger partial charge in [0.15, 0.2) is 0 Å². The van der Waals surface area contributed by atoms with Gasteiger partial charge in [0.2, 0.25) is 0 Å². The van der Waals surface area contributed by atoms with Crippen LogP contribution in [0.25, 0.3) is 0 Å². The van der Waals surface area contributed by atoms with Crippen LogP contribution in [0.2, 0.25) is 0 Å². The van der Waals surface area contributed by atoms with Gasteiger partial charge in [0, 0.05) is 50.5 Å². The van der Waals surface area contributed by atoms with Crippen molar-refractivity contribution in [3.8, 4) is 0 Å². The van der Waals surface area contributed by atoms with E-state index >= 15 is 0 Å². The first-order valence-corrected chi connectivity index (χ1v) is 10.1. The highest BCUT2D eigenvalue weighted by molar-refractivity contribution is 5.71. The summed E-state index contributed by atoms with van der Waals surface area (Å²) in [5.74, 6) is 0. The Balaban J connectivity index is 1.29. The molecule has 0 radical (unpaired) electrons. The monoisotopic (exact) mass is 365 g/mol. The van der Waals surface area contributed by atoms with E-state index in [0.29, 0.717) is 18.1 Å². The average Bonchev–Trinajstić information content (AvgIpc) is 3.16. The van der Waals surface area contributed by atoms with Crippen molar-refractivity contribution in [3.63, 3.8) is 0 Å². The lowest BCUT2D eigenvalue weighted by Crippen LogP contribution is -2.58. The number of rotatable bonds is 3.